The number of hydrogen-bond acceptors (Lipinski definition) is 5. The highest BCUT2D eigenvalue weighted by Crippen LogP contribution is 2.15. The summed E-state index contributed by atoms with van der Waals surface area (Å²) >= 11 is 1.37. The molecule has 0 aliphatic heterocycles. The summed E-state index contributed by atoms with van der Waals surface area (Å²) < 4.78 is 4.57. The van der Waals surface area contributed by atoms with Crippen LogP contribution in [0.15, 0.2) is 41.8 Å². The molecule has 0 aliphatic rings. The first-order valence-corrected chi connectivity index (χ1v) is 8.66. The first kappa shape index (κ1) is 18.7. The summed E-state index contributed by atoms with van der Waals surface area (Å²) in [7, 11) is 3.03. The van der Waals surface area contributed by atoms with E-state index in [-0.39, 0.29) is 24.2 Å². The number of carbonyl (C=O) groups excluding carboxylic acids is 3. The summed E-state index contributed by atoms with van der Waals surface area (Å²) in [5.74, 6) is -0.596. The van der Waals surface area contributed by atoms with Crippen LogP contribution in [0, 0.1) is 0 Å². The normalized spacial score (nSPS) is 10.2. The summed E-state index contributed by atoms with van der Waals surface area (Å²) in [5, 5.41) is 4.63. The van der Waals surface area contributed by atoms with Gasteiger partial charge in [-0.25, -0.2) is 0 Å². The molecule has 132 valence electrons. The number of anilines is 1. The van der Waals surface area contributed by atoms with Gasteiger partial charge in [-0.05, 0) is 42.1 Å². The maximum atomic E-state index is 12.3. The maximum absolute atomic E-state index is 12.3. The fourth-order valence-electron chi connectivity index (χ4n) is 2.18. The number of carbonyl (C=O) groups is 3. The second-order valence-electron chi connectivity index (χ2n) is 5.42. The fourth-order valence-corrected chi connectivity index (χ4v) is 2.80. The predicted octanol–water partition coefficient (Wildman–Crippen LogP) is 3.03. The maximum Gasteiger partial charge on any atom is 0.305 e. The van der Waals surface area contributed by atoms with Crippen LogP contribution in [0.25, 0.3) is 0 Å². The van der Waals surface area contributed by atoms with Crippen molar-refractivity contribution in [2.24, 2.45) is 0 Å². The number of benzene rings is 1. The van der Waals surface area contributed by atoms with Crippen molar-refractivity contribution in [1.29, 1.82) is 0 Å². The number of hydrogen-bond donors (Lipinski definition) is 1. The number of nitrogens with zero attached hydrogens (tertiary/aromatic N) is 1. The zero-order valence-corrected chi connectivity index (χ0v) is 15.0. The Labute approximate surface area is 150 Å². The number of nitrogens with one attached hydrogen (secondary N) is 1. The number of ether oxygens (including phenoxy) is 1. The second kappa shape index (κ2) is 8.98. The van der Waals surface area contributed by atoms with Crippen LogP contribution in [-0.4, -0.2) is 43.4 Å². The Kier molecular flexibility index (Phi) is 6.71. The molecule has 2 rings (SSSR count). The molecular weight excluding hydrogens is 340 g/mol. The Bertz CT molecular complexity index is 726. The summed E-state index contributed by atoms with van der Waals surface area (Å²) in [5.41, 5.74) is 1.15. The zero-order chi connectivity index (χ0) is 18.2. The van der Waals surface area contributed by atoms with Crippen molar-refractivity contribution in [1.82, 2.24) is 4.90 Å². The SMILES string of the molecule is COC(=O)CCCN(C)C(=O)c1ccc(NC(=O)c2cccs2)cc1. The third kappa shape index (κ3) is 5.42. The van der Waals surface area contributed by atoms with Gasteiger partial charge in [0.2, 0.25) is 0 Å². The van der Waals surface area contributed by atoms with Crippen molar-refractivity contribution in [3.63, 3.8) is 0 Å². The minimum absolute atomic E-state index is 0.138. The molecule has 25 heavy (non-hydrogen) atoms. The van der Waals surface area contributed by atoms with Gasteiger partial charge in [-0.2, -0.15) is 0 Å². The molecule has 7 heteroatoms. The van der Waals surface area contributed by atoms with E-state index in [2.05, 4.69) is 10.1 Å². The van der Waals surface area contributed by atoms with E-state index in [1.54, 1.807) is 42.3 Å². The lowest BCUT2D eigenvalue weighted by Gasteiger charge is -2.17. The van der Waals surface area contributed by atoms with Gasteiger partial charge in [-0.1, -0.05) is 6.07 Å². The monoisotopic (exact) mass is 360 g/mol. The summed E-state index contributed by atoms with van der Waals surface area (Å²) in [6.45, 7) is 0.463. The molecule has 6 nitrogen and oxygen atoms in total. The zero-order valence-electron chi connectivity index (χ0n) is 14.2. The van der Waals surface area contributed by atoms with Crippen LogP contribution in [0.4, 0.5) is 5.69 Å². The Morgan fingerprint density at radius 3 is 2.48 bits per heavy atom. The van der Waals surface area contributed by atoms with E-state index in [0.29, 0.717) is 29.1 Å². The van der Waals surface area contributed by atoms with E-state index in [0.717, 1.165) is 0 Å². The minimum Gasteiger partial charge on any atom is -0.469 e. The molecule has 0 bridgehead atoms. The molecule has 1 aromatic carbocycles. The van der Waals surface area contributed by atoms with Crippen LogP contribution in [0.5, 0.6) is 0 Å². The molecule has 1 aromatic heterocycles. The largest absolute Gasteiger partial charge is 0.469 e. The Balaban J connectivity index is 1.89. The molecule has 0 fully saturated rings. The molecule has 1 N–H and O–H groups in total. The molecule has 0 unspecified atom stereocenters. The van der Waals surface area contributed by atoms with Gasteiger partial charge in [-0.3, -0.25) is 14.4 Å². The second-order valence-corrected chi connectivity index (χ2v) is 6.36. The van der Waals surface area contributed by atoms with Crippen molar-refractivity contribution >= 4 is 34.8 Å². The van der Waals surface area contributed by atoms with E-state index in [1.807, 2.05) is 11.4 Å². The van der Waals surface area contributed by atoms with Crippen molar-refractivity contribution in [2.75, 3.05) is 26.0 Å². The molecule has 1 heterocycles. The molecular formula is C18H20N2O4S. The molecule has 2 aromatic rings. The molecule has 0 saturated heterocycles. The minimum atomic E-state index is -0.285. The smallest absolute Gasteiger partial charge is 0.305 e. The van der Waals surface area contributed by atoms with Crippen LogP contribution in [0.2, 0.25) is 0 Å². The highest BCUT2D eigenvalue weighted by molar-refractivity contribution is 7.12. The van der Waals surface area contributed by atoms with Crippen molar-refractivity contribution in [3.05, 3.63) is 52.2 Å². The van der Waals surface area contributed by atoms with Crippen molar-refractivity contribution < 1.29 is 19.1 Å². The van der Waals surface area contributed by atoms with Crippen LogP contribution in [-0.2, 0) is 9.53 Å². The van der Waals surface area contributed by atoms with E-state index < -0.39 is 0 Å². The Morgan fingerprint density at radius 2 is 1.88 bits per heavy atom. The molecule has 0 saturated carbocycles. The van der Waals surface area contributed by atoms with E-state index in [4.69, 9.17) is 0 Å². The third-order valence-corrected chi connectivity index (χ3v) is 4.45. The Hall–Kier alpha value is -2.67. The quantitative estimate of drug-likeness (QED) is 0.770. The first-order valence-electron chi connectivity index (χ1n) is 7.78. The van der Waals surface area contributed by atoms with Crippen molar-refractivity contribution in [2.45, 2.75) is 12.8 Å². The number of amides is 2. The first-order chi connectivity index (χ1) is 12.0. The van der Waals surface area contributed by atoms with Gasteiger partial charge < -0.3 is 15.0 Å². The van der Waals surface area contributed by atoms with Gasteiger partial charge in [0, 0.05) is 31.3 Å². The van der Waals surface area contributed by atoms with Gasteiger partial charge in [0.15, 0.2) is 0 Å². The lowest BCUT2D eigenvalue weighted by molar-refractivity contribution is -0.140. The van der Waals surface area contributed by atoms with Gasteiger partial charge in [0.25, 0.3) is 11.8 Å². The number of rotatable bonds is 7. The summed E-state index contributed by atoms with van der Waals surface area (Å²) in [4.78, 5) is 37.6. The standard InChI is InChI=1S/C18H20N2O4S/c1-20(11-3-6-16(21)24-2)18(23)13-7-9-14(10-8-13)19-17(22)15-5-4-12-25-15/h4-5,7-10,12H,3,6,11H2,1-2H3,(H,19,22). The molecule has 0 radical (unpaired) electrons. The van der Waals surface area contributed by atoms with Crippen LogP contribution >= 0.6 is 11.3 Å². The van der Waals surface area contributed by atoms with Gasteiger partial charge >= 0.3 is 5.97 Å². The van der Waals surface area contributed by atoms with E-state index in [1.165, 1.54) is 18.4 Å². The lowest BCUT2D eigenvalue weighted by Crippen LogP contribution is -2.28. The van der Waals surface area contributed by atoms with Gasteiger partial charge in [0.1, 0.15) is 0 Å². The Morgan fingerprint density at radius 1 is 1.16 bits per heavy atom. The van der Waals surface area contributed by atoms with Crippen molar-refractivity contribution in [3.8, 4) is 0 Å². The fraction of sp³-hybridized carbons (Fsp3) is 0.278. The highest BCUT2D eigenvalue weighted by Gasteiger charge is 2.13. The average molecular weight is 360 g/mol. The third-order valence-electron chi connectivity index (χ3n) is 3.58. The highest BCUT2D eigenvalue weighted by atomic mass is 32.1. The number of thiophene rings is 1. The van der Waals surface area contributed by atoms with Crippen LogP contribution < -0.4 is 5.32 Å². The molecule has 0 aliphatic carbocycles. The van der Waals surface area contributed by atoms with Crippen LogP contribution in [0.3, 0.4) is 0 Å². The molecule has 0 atom stereocenters. The van der Waals surface area contributed by atoms with Gasteiger partial charge in [-0.15, -0.1) is 11.3 Å². The van der Waals surface area contributed by atoms with E-state index >= 15 is 0 Å². The molecule has 0 spiro atoms. The summed E-state index contributed by atoms with van der Waals surface area (Å²) in [6, 6.07) is 10.3. The molecule has 2 amide bonds. The van der Waals surface area contributed by atoms with E-state index in [9.17, 15) is 14.4 Å². The predicted molar refractivity (Wildman–Crippen MR) is 96.9 cm³/mol. The lowest BCUT2D eigenvalue weighted by atomic mass is 10.1. The summed E-state index contributed by atoms with van der Waals surface area (Å²) in [6.07, 6.45) is 0.825. The topological polar surface area (TPSA) is 75.7 Å². The number of methoxy groups -OCH3 is 1. The number of esters is 1. The van der Waals surface area contributed by atoms with Crippen LogP contribution in [0.1, 0.15) is 32.9 Å². The van der Waals surface area contributed by atoms with Gasteiger partial charge in [0.05, 0.1) is 12.0 Å². The average Bonchev–Trinajstić information content (AvgIpc) is 3.16.